The summed E-state index contributed by atoms with van der Waals surface area (Å²) in [6.45, 7) is 0. The van der Waals surface area contributed by atoms with Crippen LogP contribution in [0.15, 0.2) is 23.4 Å². The van der Waals surface area contributed by atoms with Crippen LogP contribution in [0.3, 0.4) is 0 Å². The van der Waals surface area contributed by atoms with Gasteiger partial charge in [-0.1, -0.05) is 35.0 Å². The molecule has 2 amide bonds. The van der Waals surface area contributed by atoms with Crippen LogP contribution in [0.1, 0.15) is 6.42 Å². The van der Waals surface area contributed by atoms with Gasteiger partial charge in [-0.25, -0.2) is 9.58 Å². The van der Waals surface area contributed by atoms with Gasteiger partial charge >= 0.3 is 0 Å². The van der Waals surface area contributed by atoms with Gasteiger partial charge in [0.1, 0.15) is 5.25 Å². The Labute approximate surface area is 139 Å². The first-order valence-electron chi connectivity index (χ1n) is 6.18. The molecule has 114 valence electrons. The summed E-state index contributed by atoms with van der Waals surface area (Å²) in [5, 5.41) is 11.6. The molecule has 10 heteroatoms. The van der Waals surface area contributed by atoms with Crippen molar-refractivity contribution in [1.29, 1.82) is 0 Å². The number of tetrazole rings is 1. The number of rotatable bonds is 3. The Morgan fingerprint density at radius 2 is 2.09 bits per heavy atom. The lowest BCUT2D eigenvalue weighted by atomic mass is 10.3. The number of aryl methyl sites for hydroxylation is 1. The molecular weight excluding hydrogens is 349 g/mol. The number of carbonyl (C=O) groups is 2. The van der Waals surface area contributed by atoms with Crippen molar-refractivity contribution < 1.29 is 9.59 Å². The Morgan fingerprint density at radius 3 is 2.73 bits per heavy atom. The van der Waals surface area contributed by atoms with E-state index in [2.05, 4.69) is 15.5 Å². The van der Waals surface area contributed by atoms with Crippen LogP contribution in [0.2, 0.25) is 10.0 Å². The molecule has 1 aromatic carbocycles. The lowest BCUT2D eigenvalue weighted by molar-refractivity contribution is -0.121. The summed E-state index contributed by atoms with van der Waals surface area (Å²) in [6.07, 6.45) is 0.0648. The van der Waals surface area contributed by atoms with E-state index in [-0.39, 0.29) is 23.3 Å². The van der Waals surface area contributed by atoms with E-state index in [1.165, 1.54) is 10.7 Å². The number of aromatic nitrogens is 4. The topological polar surface area (TPSA) is 81.0 Å². The zero-order valence-corrected chi connectivity index (χ0v) is 13.6. The molecule has 1 aliphatic rings. The molecule has 1 aliphatic heterocycles. The minimum absolute atomic E-state index is 0.0648. The van der Waals surface area contributed by atoms with E-state index in [1.807, 2.05) is 0 Å². The SMILES string of the molecule is Cn1nnnc1SC1CC(=O)N(c2ccc(Cl)cc2Cl)C1=O. The van der Waals surface area contributed by atoms with Gasteiger partial charge in [0.05, 0.1) is 10.7 Å². The van der Waals surface area contributed by atoms with Crippen molar-refractivity contribution in [3.05, 3.63) is 28.2 Å². The summed E-state index contributed by atoms with van der Waals surface area (Å²) < 4.78 is 1.44. The van der Waals surface area contributed by atoms with E-state index in [9.17, 15) is 9.59 Å². The maximum Gasteiger partial charge on any atom is 0.247 e. The van der Waals surface area contributed by atoms with Crippen molar-refractivity contribution in [3.8, 4) is 0 Å². The molecule has 0 bridgehead atoms. The predicted octanol–water partition coefficient (Wildman–Crippen LogP) is 1.94. The van der Waals surface area contributed by atoms with Gasteiger partial charge < -0.3 is 0 Å². The molecule has 0 saturated carbocycles. The van der Waals surface area contributed by atoms with Crippen molar-refractivity contribution in [3.63, 3.8) is 0 Å². The Morgan fingerprint density at radius 1 is 1.32 bits per heavy atom. The standard InChI is InChI=1S/C12H9Cl2N5O2S/c1-18-12(15-16-17-18)22-9-5-10(20)19(11(9)21)8-3-2-6(13)4-7(8)14/h2-4,9H,5H2,1H3. The number of hydrogen-bond donors (Lipinski definition) is 0. The molecule has 0 N–H and O–H groups in total. The molecule has 0 spiro atoms. The number of imide groups is 1. The minimum Gasteiger partial charge on any atom is -0.274 e. The number of benzene rings is 1. The highest BCUT2D eigenvalue weighted by atomic mass is 35.5. The van der Waals surface area contributed by atoms with Crippen LogP contribution in [0.25, 0.3) is 0 Å². The lowest BCUT2D eigenvalue weighted by Gasteiger charge is -2.16. The fourth-order valence-corrected chi connectivity index (χ4v) is 3.51. The molecule has 2 aromatic rings. The first kappa shape index (κ1) is 15.3. The minimum atomic E-state index is -0.580. The van der Waals surface area contributed by atoms with Crippen molar-refractivity contribution >= 4 is 52.5 Å². The summed E-state index contributed by atoms with van der Waals surface area (Å²) in [7, 11) is 1.66. The maximum atomic E-state index is 12.5. The Balaban J connectivity index is 1.87. The molecule has 0 radical (unpaired) electrons. The van der Waals surface area contributed by atoms with E-state index in [1.54, 1.807) is 19.2 Å². The van der Waals surface area contributed by atoms with E-state index in [4.69, 9.17) is 23.2 Å². The van der Waals surface area contributed by atoms with Crippen LogP contribution in [0.4, 0.5) is 5.69 Å². The first-order valence-corrected chi connectivity index (χ1v) is 7.82. The number of nitrogens with zero attached hydrogens (tertiary/aromatic N) is 5. The van der Waals surface area contributed by atoms with Crippen molar-refractivity contribution in [2.24, 2.45) is 7.05 Å². The maximum absolute atomic E-state index is 12.5. The van der Waals surface area contributed by atoms with Gasteiger partial charge in [0.2, 0.25) is 17.0 Å². The van der Waals surface area contributed by atoms with Gasteiger partial charge in [-0.2, -0.15) is 0 Å². The van der Waals surface area contributed by atoms with E-state index in [0.29, 0.717) is 15.9 Å². The Hall–Kier alpha value is -1.64. The average Bonchev–Trinajstić information content (AvgIpc) is 2.97. The molecule has 1 saturated heterocycles. The molecular formula is C12H9Cl2N5O2S. The Kier molecular flexibility index (Phi) is 4.07. The second-order valence-corrected chi connectivity index (χ2v) is 6.57. The summed E-state index contributed by atoms with van der Waals surface area (Å²) in [5.74, 6) is -0.663. The third-order valence-corrected chi connectivity index (χ3v) is 4.83. The second kappa shape index (κ2) is 5.86. The number of carbonyl (C=O) groups excluding carboxylic acids is 2. The molecule has 2 heterocycles. The van der Waals surface area contributed by atoms with Crippen molar-refractivity contribution in [2.75, 3.05) is 4.90 Å². The monoisotopic (exact) mass is 357 g/mol. The molecule has 1 fully saturated rings. The smallest absolute Gasteiger partial charge is 0.247 e. The van der Waals surface area contributed by atoms with E-state index in [0.717, 1.165) is 16.7 Å². The molecule has 22 heavy (non-hydrogen) atoms. The fraction of sp³-hybridized carbons (Fsp3) is 0.250. The van der Waals surface area contributed by atoms with Gasteiger partial charge in [-0.15, -0.1) is 5.10 Å². The van der Waals surface area contributed by atoms with Gasteiger partial charge in [-0.05, 0) is 28.6 Å². The highest BCUT2D eigenvalue weighted by Crippen LogP contribution is 2.36. The first-order chi connectivity index (χ1) is 10.5. The molecule has 1 atom stereocenters. The summed E-state index contributed by atoms with van der Waals surface area (Å²) in [6, 6.07) is 4.62. The van der Waals surface area contributed by atoms with Crippen LogP contribution in [0.5, 0.6) is 0 Å². The Bertz CT molecular complexity index is 766. The van der Waals surface area contributed by atoms with E-state index >= 15 is 0 Å². The lowest BCUT2D eigenvalue weighted by Crippen LogP contribution is -2.31. The van der Waals surface area contributed by atoms with Crippen LogP contribution in [0, 0.1) is 0 Å². The van der Waals surface area contributed by atoms with Crippen LogP contribution >= 0.6 is 35.0 Å². The molecule has 3 rings (SSSR count). The number of anilines is 1. The van der Waals surface area contributed by atoms with Crippen molar-refractivity contribution in [2.45, 2.75) is 16.8 Å². The zero-order valence-electron chi connectivity index (χ0n) is 11.2. The number of hydrogen-bond acceptors (Lipinski definition) is 6. The summed E-state index contributed by atoms with van der Waals surface area (Å²) in [4.78, 5) is 25.8. The van der Waals surface area contributed by atoms with Gasteiger partial charge in [0.15, 0.2) is 0 Å². The largest absolute Gasteiger partial charge is 0.274 e. The average molecular weight is 358 g/mol. The summed E-state index contributed by atoms with van der Waals surface area (Å²) in [5.41, 5.74) is 0.334. The van der Waals surface area contributed by atoms with Crippen LogP contribution < -0.4 is 4.90 Å². The van der Waals surface area contributed by atoms with Gasteiger partial charge in [0, 0.05) is 18.5 Å². The third kappa shape index (κ3) is 2.69. The third-order valence-electron chi connectivity index (χ3n) is 3.08. The molecule has 7 nitrogen and oxygen atoms in total. The quantitative estimate of drug-likeness (QED) is 0.780. The van der Waals surface area contributed by atoms with Gasteiger partial charge in [-0.3, -0.25) is 9.59 Å². The fourth-order valence-electron chi connectivity index (χ4n) is 2.06. The summed E-state index contributed by atoms with van der Waals surface area (Å²) >= 11 is 13.1. The van der Waals surface area contributed by atoms with E-state index < -0.39 is 5.25 Å². The van der Waals surface area contributed by atoms with Crippen LogP contribution in [-0.4, -0.2) is 37.3 Å². The molecule has 1 aromatic heterocycles. The normalized spacial score (nSPS) is 18.3. The molecule has 1 unspecified atom stereocenters. The number of halogens is 2. The molecule has 0 aliphatic carbocycles. The predicted molar refractivity (Wildman–Crippen MR) is 82.0 cm³/mol. The highest BCUT2D eigenvalue weighted by Gasteiger charge is 2.41. The second-order valence-electron chi connectivity index (χ2n) is 4.56. The highest BCUT2D eigenvalue weighted by molar-refractivity contribution is 8.00. The zero-order chi connectivity index (χ0) is 15.9. The van der Waals surface area contributed by atoms with Crippen molar-refractivity contribution in [1.82, 2.24) is 20.2 Å². The van der Waals surface area contributed by atoms with Crippen LogP contribution in [-0.2, 0) is 16.6 Å². The number of amides is 2. The number of thioether (sulfide) groups is 1. The van der Waals surface area contributed by atoms with Gasteiger partial charge in [0.25, 0.3) is 0 Å².